The lowest BCUT2D eigenvalue weighted by Crippen LogP contribution is -1.67. The highest BCUT2D eigenvalue weighted by molar-refractivity contribution is 5.33. The van der Waals surface area contributed by atoms with Crippen molar-refractivity contribution in [1.29, 1.82) is 0 Å². The Morgan fingerprint density at radius 3 is 3.18 bits per heavy atom. The molecule has 1 rings (SSSR count). The van der Waals surface area contributed by atoms with Crippen LogP contribution in [0.1, 0.15) is 12.0 Å². The summed E-state index contributed by atoms with van der Waals surface area (Å²) in [6.07, 6.45) is 11.1. The molecule has 0 aliphatic rings. The van der Waals surface area contributed by atoms with Gasteiger partial charge in [0.2, 0.25) is 0 Å². The van der Waals surface area contributed by atoms with Crippen LogP contribution in [0.2, 0.25) is 0 Å². The van der Waals surface area contributed by atoms with Crippen LogP contribution in [0.25, 0.3) is 0 Å². The first kappa shape index (κ1) is 7.51. The minimum Gasteiger partial charge on any atom is -0.367 e. The van der Waals surface area contributed by atoms with Gasteiger partial charge in [0.15, 0.2) is 0 Å². The van der Waals surface area contributed by atoms with Gasteiger partial charge >= 0.3 is 0 Å². The Morgan fingerprint density at radius 1 is 1.64 bits per heavy atom. The van der Waals surface area contributed by atoms with E-state index in [1.54, 1.807) is 6.42 Å². The molecule has 0 aromatic carbocycles. The number of H-pyrrole nitrogens is 1. The molecule has 0 bridgehead atoms. The predicted molar refractivity (Wildman–Crippen MR) is 45.4 cm³/mol. The molecular formula is C10H8N. The number of aromatic nitrogens is 1. The number of hydrogen-bond donors (Lipinski definition) is 1. The number of unbranched alkanes of at least 4 members (excludes halogenated alkanes) is 1. The lowest BCUT2D eigenvalue weighted by molar-refractivity contribution is 1.38. The zero-order chi connectivity index (χ0) is 7.94. The van der Waals surface area contributed by atoms with Gasteiger partial charge in [0, 0.05) is 30.8 Å². The van der Waals surface area contributed by atoms with E-state index in [2.05, 4.69) is 22.7 Å². The highest BCUT2D eigenvalue weighted by Crippen LogP contribution is 1.92. The van der Waals surface area contributed by atoms with Crippen LogP contribution in [0.5, 0.6) is 0 Å². The Hall–Kier alpha value is -1.60. The summed E-state index contributed by atoms with van der Waals surface area (Å²) >= 11 is 0. The summed E-state index contributed by atoms with van der Waals surface area (Å²) in [7, 11) is 0. The quantitative estimate of drug-likeness (QED) is 0.452. The second kappa shape index (κ2) is 4.25. The maximum Gasteiger partial charge on any atom is 0.0462 e. The molecule has 1 heterocycles. The maximum absolute atomic E-state index is 5.03. The summed E-state index contributed by atoms with van der Waals surface area (Å²) in [4.78, 5) is 2.91. The van der Waals surface area contributed by atoms with Crippen LogP contribution < -0.4 is 0 Å². The van der Waals surface area contributed by atoms with Crippen LogP contribution >= 0.6 is 0 Å². The third kappa shape index (κ3) is 2.65. The fraction of sp³-hybridized carbons (Fsp3) is 0.100. The standard InChI is InChI=1S/C10H8N/c1-2-3-4-5-6-10-7-8-11-9-10/h1,4,7-9,11H,3H2. The van der Waals surface area contributed by atoms with Crippen molar-refractivity contribution < 1.29 is 0 Å². The molecule has 1 heteroatoms. The molecule has 0 saturated carbocycles. The van der Waals surface area contributed by atoms with Crippen molar-refractivity contribution in [1.82, 2.24) is 4.98 Å². The number of aromatic amines is 1. The molecular weight excluding hydrogens is 134 g/mol. The first-order valence-corrected chi connectivity index (χ1v) is 3.33. The normalized spacial score (nSPS) is 7.91. The van der Waals surface area contributed by atoms with Gasteiger partial charge in [-0.25, -0.2) is 0 Å². The monoisotopic (exact) mass is 142 g/mol. The van der Waals surface area contributed by atoms with Gasteiger partial charge in [-0.2, -0.15) is 0 Å². The van der Waals surface area contributed by atoms with E-state index in [9.17, 15) is 0 Å². The van der Waals surface area contributed by atoms with E-state index >= 15 is 0 Å². The van der Waals surface area contributed by atoms with Crippen LogP contribution in [-0.4, -0.2) is 4.98 Å². The zero-order valence-corrected chi connectivity index (χ0v) is 6.09. The van der Waals surface area contributed by atoms with Gasteiger partial charge in [0.05, 0.1) is 0 Å². The molecule has 1 radical (unpaired) electrons. The molecule has 0 fully saturated rings. The third-order valence-corrected chi connectivity index (χ3v) is 1.14. The molecule has 53 valence electrons. The topological polar surface area (TPSA) is 15.8 Å². The Bertz CT molecular complexity index is 290. The van der Waals surface area contributed by atoms with Crippen molar-refractivity contribution in [2.24, 2.45) is 0 Å². The van der Waals surface area contributed by atoms with Crippen LogP contribution in [-0.2, 0) is 0 Å². The molecule has 1 N–H and O–H groups in total. The van der Waals surface area contributed by atoms with Crippen LogP contribution in [0.15, 0.2) is 18.5 Å². The maximum atomic E-state index is 5.03. The van der Waals surface area contributed by atoms with E-state index in [1.807, 2.05) is 18.5 Å². The van der Waals surface area contributed by atoms with Crippen LogP contribution in [0, 0.1) is 30.6 Å². The minimum absolute atomic E-state index is 0.609. The molecule has 11 heavy (non-hydrogen) atoms. The molecule has 0 amide bonds. The average Bonchev–Trinajstić information content (AvgIpc) is 2.50. The SMILES string of the molecule is C#CC[CH]C#Cc1cc[nH]c1. The first-order chi connectivity index (χ1) is 5.43. The summed E-state index contributed by atoms with van der Waals surface area (Å²) < 4.78 is 0. The second-order valence-corrected chi connectivity index (χ2v) is 1.98. The third-order valence-electron chi connectivity index (χ3n) is 1.14. The van der Waals surface area contributed by atoms with E-state index < -0.39 is 0 Å². The Labute approximate surface area is 66.8 Å². The summed E-state index contributed by atoms with van der Waals surface area (Å²) in [5, 5.41) is 0. The highest BCUT2D eigenvalue weighted by Gasteiger charge is 1.81. The van der Waals surface area contributed by atoms with E-state index in [-0.39, 0.29) is 0 Å². The molecule has 1 aromatic rings. The lowest BCUT2D eigenvalue weighted by Gasteiger charge is -1.76. The van der Waals surface area contributed by atoms with Gasteiger partial charge in [-0.05, 0) is 6.07 Å². The summed E-state index contributed by atoms with van der Waals surface area (Å²) in [5.41, 5.74) is 0.985. The summed E-state index contributed by atoms with van der Waals surface area (Å²) in [6, 6.07) is 1.91. The minimum atomic E-state index is 0.609. The summed E-state index contributed by atoms with van der Waals surface area (Å²) in [5.74, 6) is 8.26. The number of hydrogen-bond acceptors (Lipinski definition) is 0. The van der Waals surface area contributed by atoms with E-state index in [1.165, 1.54) is 0 Å². The van der Waals surface area contributed by atoms with Crippen molar-refractivity contribution in [2.45, 2.75) is 6.42 Å². The Kier molecular flexibility index (Phi) is 2.90. The van der Waals surface area contributed by atoms with Crippen molar-refractivity contribution in [3.63, 3.8) is 0 Å². The zero-order valence-electron chi connectivity index (χ0n) is 6.09. The molecule has 0 aliphatic carbocycles. The van der Waals surface area contributed by atoms with Crippen molar-refractivity contribution in [3.05, 3.63) is 30.4 Å². The smallest absolute Gasteiger partial charge is 0.0462 e. The van der Waals surface area contributed by atoms with Crippen molar-refractivity contribution in [3.8, 4) is 24.2 Å². The van der Waals surface area contributed by atoms with Gasteiger partial charge in [0.25, 0.3) is 0 Å². The van der Waals surface area contributed by atoms with Gasteiger partial charge in [-0.1, -0.05) is 11.8 Å². The lowest BCUT2D eigenvalue weighted by atomic mass is 10.3. The molecule has 0 atom stereocenters. The van der Waals surface area contributed by atoms with Gasteiger partial charge in [-0.15, -0.1) is 12.3 Å². The fourth-order valence-electron chi connectivity index (χ4n) is 0.646. The molecule has 0 unspecified atom stereocenters. The number of rotatable bonds is 1. The fourth-order valence-corrected chi connectivity index (χ4v) is 0.646. The van der Waals surface area contributed by atoms with E-state index in [4.69, 9.17) is 6.42 Å². The number of terminal acetylenes is 1. The first-order valence-electron chi connectivity index (χ1n) is 3.33. The number of nitrogens with one attached hydrogen (secondary N) is 1. The predicted octanol–water partition coefficient (Wildman–Crippen LogP) is 1.59. The van der Waals surface area contributed by atoms with Gasteiger partial charge in [-0.3, -0.25) is 0 Å². The van der Waals surface area contributed by atoms with E-state index in [0.717, 1.165) is 5.56 Å². The van der Waals surface area contributed by atoms with Crippen LogP contribution in [0.3, 0.4) is 0 Å². The van der Waals surface area contributed by atoms with Gasteiger partial charge < -0.3 is 4.98 Å². The molecule has 0 aliphatic heterocycles. The van der Waals surface area contributed by atoms with Crippen LogP contribution in [0.4, 0.5) is 0 Å². The van der Waals surface area contributed by atoms with Crippen molar-refractivity contribution in [2.75, 3.05) is 0 Å². The Morgan fingerprint density at radius 2 is 2.55 bits per heavy atom. The molecule has 1 aromatic heterocycles. The Balaban J connectivity index is 2.41. The molecule has 0 spiro atoms. The van der Waals surface area contributed by atoms with E-state index in [0.29, 0.717) is 6.42 Å². The van der Waals surface area contributed by atoms with Gasteiger partial charge in [0.1, 0.15) is 0 Å². The summed E-state index contributed by atoms with van der Waals surface area (Å²) in [6.45, 7) is 0. The van der Waals surface area contributed by atoms with Crippen molar-refractivity contribution >= 4 is 0 Å². The second-order valence-electron chi connectivity index (χ2n) is 1.98. The molecule has 0 saturated heterocycles. The largest absolute Gasteiger partial charge is 0.367 e. The highest BCUT2D eigenvalue weighted by atomic mass is 14.6. The molecule has 1 nitrogen and oxygen atoms in total. The average molecular weight is 142 g/mol.